The fraction of sp³-hybridized carbons (Fsp3) is 0.600. The largest absolute Gasteiger partial charge is 0.341 e. The monoisotopic (exact) mass is 368 g/mol. The summed E-state index contributed by atoms with van der Waals surface area (Å²) in [4.78, 5) is 17.5. The molecule has 3 heterocycles. The predicted molar refractivity (Wildman–Crippen MR) is 102 cm³/mol. The summed E-state index contributed by atoms with van der Waals surface area (Å²) in [7, 11) is 1.94. The SMILES string of the molecule is CN(C[C@H]1CCCN2CCCC[C@H]12)C(=O)c1ccc(Cn2cnnn2)cc1. The first kappa shape index (κ1) is 18.1. The van der Waals surface area contributed by atoms with E-state index in [-0.39, 0.29) is 5.91 Å². The van der Waals surface area contributed by atoms with Crippen LogP contribution in [0.15, 0.2) is 30.6 Å². The number of carbonyl (C=O) groups excluding carboxylic acids is 1. The molecule has 0 aliphatic carbocycles. The van der Waals surface area contributed by atoms with Crippen molar-refractivity contribution in [1.29, 1.82) is 0 Å². The molecule has 0 N–H and O–H groups in total. The molecule has 2 atom stereocenters. The smallest absolute Gasteiger partial charge is 0.253 e. The van der Waals surface area contributed by atoms with Gasteiger partial charge in [0.15, 0.2) is 0 Å². The molecule has 7 nitrogen and oxygen atoms in total. The van der Waals surface area contributed by atoms with Crippen molar-refractivity contribution in [2.45, 2.75) is 44.7 Å². The Balaban J connectivity index is 1.37. The standard InChI is InChI=1S/C20H28N6O/c1-24(14-18-5-4-12-25-11-3-2-6-19(18)25)20(27)17-9-7-16(8-10-17)13-26-15-21-22-23-26/h7-10,15,18-19H,2-6,11-14H2,1H3/t18-,19-/m1/s1. The molecule has 27 heavy (non-hydrogen) atoms. The second-order valence-electron chi connectivity index (χ2n) is 7.89. The van der Waals surface area contributed by atoms with Gasteiger partial charge in [-0.05, 0) is 72.8 Å². The van der Waals surface area contributed by atoms with E-state index >= 15 is 0 Å². The molecule has 1 amide bonds. The van der Waals surface area contributed by atoms with Crippen LogP contribution < -0.4 is 0 Å². The highest BCUT2D eigenvalue weighted by molar-refractivity contribution is 5.94. The van der Waals surface area contributed by atoms with Gasteiger partial charge in [-0.1, -0.05) is 18.6 Å². The van der Waals surface area contributed by atoms with Gasteiger partial charge in [-0.2, -0.15) is 0 Å². The summed E-state index contributed by atoms with van der Waals surface area (Å²) in [5, 5.41) is 11.2. The first-order chi connectivity index (χ1) is 13.2. The predicted octanol–water partition coefficient (Wildman–Crippen LogP) is 2.06. The summed E-state index contributed by atoms with van der Waals surface area (Å²) < 4.78 is 1.67. The molecule has 4 rings (SSSR count). The third kappa shape index (κ3) is 4.18. The van der Waals surface area contributed by atoms with Crippen molar-refractivity contribution in [3.05, 3.63) is 41.7 Å². The Morgan fingerprint density at radius 3 is 2.74 bits per heavy atom. The van der Waals surface area contributed by atoms with E-state index in [1.54, 1.807) is 11.0 Å². The number of hydrogen-bond acceptors (Lipinski definition) is 5. The lowest BCUT2D eigenvalue weighted by Gasteiger charge is -2.45. The van der Waals surface area contributed by atoms with Crippen molar-refractivity contribution in [3.63, 3.8) is 0 Å². The number of carbonyl (C=O) groups is 1. The van der Waals surface area contributed by atoms with E-state index in [1.165, 1.54) is 45.2 Å². The van der Waals surface area contributed by atoms with E-state index in [9.17, 15) is 4.79 Å². The molecular weight excluding hydrogens is 340 g/mol. The molecular formula is C20H28N6O. The van der Waals surface area contributed by atoms with Crippen LogP contribution in [0, 0.1) is 5.92 Å². The minimum atomic E-state index is 0.108. The molecule has 0 bridgehead atoms. The van der Waals surface area contributed by atoms with Crippen LogP contribution in [-0.2, 0) is 6.54 Å². The van der Waals surface area contributed by atoms with Crippen LogP contribution in [0.25, 0.3) is 0 Å². The minimum absolute atomic E-state index is 0.108. The Bertz CT molecular complexity index is 742. The first-order valence-electron chi connectivity index (χ1n) is 10.00. The van der Waals surface area contributed by atoms with E-state index in [0.29, 0.717) is 18.5 Å². The number of fused-ring (bicyclic) bond motifs is 1. The Hall–Kier alpha value is -2.28. The van der Waals surface area contributed by atoms with Crippen LogP contribution in [0.4, 0.5) is 0 Å². The number of benzene rings is 1. The maximum absolute atomic E-state index is 12.9. The van der Waals surface area contributed by atoms with E-state index < -0.39 is 0 Å². The Morgan fingerprint density at radius 1 is 1.15 bits per heavy atom. The Morgan fingerprint density at radius 2 is 1.96 bits per heavy atom. The average molecular weight is 368 g/mol. The van der Waals surface area contributed by atoms with Crippen molar-refractivity contribution < 1.29 is 4.79 Å². The lowest BCUT2D eigenvalue weighted by atomic mass is 9.83. The zero-order chi connectivity index (χ0) is 18.6. The highest BCUT2D eigenvalue weighted by Crippen LogP contribution is 2.31. The van der Waals surface area contributed by atoms with Crippen LogP contribution in [0.1, 0.15) is 48.0 Å². The van der Waals surface area contributed by atoms with Gasteiger partial charge in [-0.25, -0.2) is 4.68 Å². The molecule has 0 spiro atoms. The van der Waals surface area contributed by atoms with Gasteiger partial charge < -0.3 is 9.80 Å². The topological polar surface area (TPSA) is 67.2 Å². The van der Waals surface area contributed by atoms with Gasteiger partial charge >= 0.3 is 0 Å². The molecule has 7 heteroatoms. The summed E-state index contributed by atoms with van der Waals surface area (Å²) >= 11 is 0. The zero-order valence-electron chi connectivity index (χ0n) is 16.0. The molecule has 2 fully saturated rings. The molecule has 0 saturated carbocycles. The lowest BCUT2D eigenvalue weighted by Crippen LogP contribution is -2.51. The summed E-state index contributed by atoms with van der Waals surface area (Å²) in [5.74, 6) is 0.712. The minimum Gasteiger partial charge on any atom is -0.341 e. The molecule has 2 aliphatic rings. The fourth-order valence-corrected chi connectivity index (χ4v) is 4.64. The average Bonchev–Trinajstić information content (AvgIpc) is 3.21. The second kappa shape index (κ2) is 8.17. The highest BCUT2D eigenvalue weighted by Gasteiger charge is 2.34. The molecule has 2 aromatic rings. The van der Waals surface area contributed by atoms with Gasteiger partial charge in [0.05, 0.1) is 6.54 Å². The van der Waals surface area contributed by atoms with Gasteiger partial charge in [-0.3, -0.25) is 4.79 Å². The van der Waals surface area contributed by atoms with Gasteiger partial charge in [0.2, 0.25) is 0 Å². The van der Waals surface area contributed by atoms with Gasteiger partial charge in [0.1, 0.15) is 6.33 Å². The van der Waals surface area contributed by atoms with E-state index in [0.717, 1.165) is 17.7 Å². The third-order valence-electron chi connectivity index (χ3n) is 6.02. The molecule has 144 valence electrons. The molecule has 2 aliphatic heterocycles. The normalized spacial score (nSPS) is 23.0. The van der Waals surface area contributed by atoms with Crippen LogP contribution in [0.5, 0.6) is 0 Å². The molecule has 0 unspecified atom stereocenters. The number of aromatic nitrogens is 4. The maximum Gasteiger partial charge on any atom is 0.253 e. The highest BCUT2D eigenvalue weighted by atomic mass is 16.2. The Labute approximate surface area is 160 Å². The summed E-state index contributed by atoms with van der Waals surface area (Å²) in [6.07, 6.45) is 8.04. The number of amides is 1. The molecule has 2 saturated heterocycles. The molecule has 0 radical (unpaired) electrons. The number of hydrogen-bond donors (Lipinski definition) is 0. The summed E-state index contributed by atoms with van der Waals surface area (Å²) in [6.45, 7) is 3.94. The fourth-order valence-electron chi connectivity index (χ4n) is 4.64. The van der Waals surface area contributed by atoms with E-state index in [4.69, 9.17) is 0 Å². The van der Waals surface area contributed by atoms with Gasteiger partial charge in [0.25, 0.3) is 5.91 Å². The zero-order valence-corrected chi connectivity index (χ0v) is 16.0. The van der Waals surface area contributed by atoms with E-state index in [1.807, 2.05) is 36.2 Å². The van der Waals surface area contributed by atoms with Crippen molar-refractivity contribution in [3.8, 4) is 0 Å². The Kier molecular flexibility index (Phi) is 5.48. The van der Waals surface area contributed by atoms with Crippen molar-refractivity contribution in [2.24, 2.45) is 5.92 Å². The van der Waals surface area contributed by atoms with E-state index in [2.05, 4.69) is 20.4 Å². The van der Waals surface area contributed by atoms with Crippen molar-refractivity contribution >= 4 is 5.91 Å². The summed E-state index contributed by atoms with van der Waals surface area (Å²) in [6, 6.07) is 8.44. The number of nitrogens with zero attached hydrogens (tertiary/aromatic N) is 6. The van der Waals surface area contributed by atoms with Gasteiger partial charge in [0, 0.05) is 25.2 Å². The van der Waals surface area contributed by atoms with Gasteiger partial charge in [-0.15, -0.1) is 5.10 Å². The first-order valence-corrected chi connectivity index (χ1v) is 10.00. The maximum atomic E-state index is 12.9. The number of rotatable bonds is 5. The number of tetrazole rings is 1. The second-order valence-corrected chi connectivity index (χ2v) is 7.89. The third-order valence-corrected chi connectivity index (χ3v) is 6.02. The lowest BCUT2D eigenvalue weighted by molar-refractivity contribution is 0.0403. The van der Waals surface area contributed by atoms with Crippen LogP contribution in [-0.4, -0.2) is 68.6 Å². The van der Waals surface area contributed by atoms with Crippen LogP contribution >= 0.6 is 0 Å². The molecule has 1 aromatic carbocycles. The molecule has 1 aromatic heterocycles. The van der Waals surface area contributed by atoms with Crippen LogP contribution in [0.2, 0.25) is 0 Å². The quantitative estimate of drug-likeness (QED) is 0.808. The van der Waals surface area contributed by atoms with Crippen LogP contribution in [0.3, 0.4) is 0 Å². The van der Waals surface area contributed by atoms with Crippen molar-refractivity contribution in [1.82, 2.24) is 30.0 Å². The van der Waals surface area contributed by atoms with Crippen molar-refractivity contribution in [2.75, 3.05) is 26.7 Å². The number of piperidine rings is 2. The summed E-state index contributed by atoms with van der Waals surface area (Å²) in [5.41, 5.74) is 1.82.